The zero-order valence-electron chi connectivity index (χ0n) is 10.1. The van der Waals surface area contributed by atoms with Crippen molar-refractivity contribution in [2.45, 2.75) is 11.9 Å². The number of thioether (sulfide) groups is 1. The van der Waals surface area contributed by atoms with Crippen molar-refractivity contribution in [2.75, 3.05) is 11.1 Å². The van der Waals surface area contributed by atoms with Gasteiger partial charge in [-0.1, -0.05) is 36.0 Å². The first-order valence-corrected chi connectivity index (χ1v) is 6.63. The smallest absolute Gasteiger partial charge is 0.234 e. The molecular formula is C14H14N2OS. The van der Waals surface area contributed by atoms with Gasteiger partial charge in [0.05, 0.1) is 10.8 Å². The standard InChI is InChI=1S/C14H14N2OS/c1-11-6-2-3-7-12(11)16-13(17)10-18-14-8-4-5-9-15-14/h2-9H,10H2,1H3,(H,16,17). The molecular weight excluding hydrogens is 244 g/mol. The fraction of sp³-hybridized carbons (Fsp3) is 0.143. The van der Waals surface area contributed by atoms with Crippen LogP contribution in [0.15, 0.2) is 53.7 Å². The van der Waals surface area contributed by atoms with E-state index in [1.165, 1.54) is 11.8 Å². The van der Waals surface area contributed by atoms with Crippen LogP contribution in [0.1, 0.15) is 5.56 Å². The number of nitrogens with zero attached hydrogens (tertiary/aromatic N) is 1. The van der Waals surface area contributed by atoms with E-state index in [0.717, 1.165) is 16.3 Å². The van der Waals surface area contributed by atoms with Crippen molar-refractivity contribution in [2.24, 2.45) is 0 Å². The number of nitrogens with one attached hydrogen (secondary N) is 1. The van der Waals surface area contributed by atoms with E-state index >= 15 is 0 Å². The predicted octanol–water partition coefficient (Wildman–Crippen LogP) is 3.12. The number of hydrogen-bond donors (Lipinski definition) is 1. The van der Waals surface area contributed by atoms with Gasteiger partial charge in [-0.3, -0.25) is 4.79 Å². The van der Waals surface area contributed by atoms with E-state index in [2.05, 4.69) is 10.3 Å². The molecule has 2 rings (SSSR count). The Balaban J connectivity index is 1.88. The number of para-hydroxylation sites is 1. The van der Waals surface area contributed by atoms with Crippen LogP contribution in [0.3, 0.4) is 0 Å². The lowest BCUT2D eigenvalue weighted by atomic mass is 10.2. The lowest BCUT2D eigenvalue weighted by Crippen LogP contribution is -2.14. The first kappa shape index (κ1) is 12.6. The van der Waals surface area contributed by atoms with Crippen molar-refractivity contribution < 1.29 is 4.79 Å². The Hall–Kier alpha value is -1.81. The summed E-state index contributed by atoms with van der Waals surface area (Å²) in [5.41, 5.74) is 1.93. The highest BCUT2D eigenvalue weighted by Gasteiger charge is 2.05. The number of aryl methyl sites for hydroxylation is 1. The van der Waals surface area contributed by atoms with E-state index in [9.17, 15) is 4.79 Å². The normalized spacial score (nSPS) is 10.1. The molecule has 0 bridgehead atoms. The summed E-state index contributed by atoms with van der Waals surface area (Å²) >= 11 is 1.43. The molecule has 1 N–H and O–H groups in total. The summed E-state index contributed by atoms with van der Waals surface area (Å²) in [6, 6.07) is 13.4. The van der Waals surface area contributed by atoms with Crippen LogP contribution < -0.4 is 5.32 Å². The number of rotatable bonds is 4. The molecule has 0 atom stereocenters. The fourth-order valence-corrected chi connectivity index (χ4v) is 2.13. The SMILES string of the molecule is Cc1ccccc1NC(=O)CSc1ccccn1. The second kappa shape index (κ2) is 6.21. The number of benzene rings is 1. The van der Waals surface area contributed by atoms with Crippen LogP contribution in [-0.2, 0) is 4.79 Å². The summed E-state index contributed by atoms with van der Waals surface area (Å²) in [4.78, 5) is 15.9. The van der Waals surface area contributed by atoms with E-state index in [4.69, 9.17) is 0 Å². The van der Waals surface area contributed by atoms with Crippen LogP contribution in [-0.4, -0.2) is 16.6 Å². The third kappa shape index (κ3) is 3.60. The van der Waals surface area contributed by atoms with Gasteiger partial charge in [-0.2, -0.15) is 0 Å². The first-order valence-electron chi connectivity index (χ1n) is 5.65. The summed E-state index contributed by atoms with van der Waals surface area (Å²) in [5.74, 6) is 0.352. The topological polar surface area (TPSA) is 42.0 Å². The van der Waals surface area contributed by atoms with Gasteiger partial charge in [0.2, 0.25) is 5.91 Å². The van der Waals surface area contributed by atoms with Crippen molar-refractivity contribution in [1.82, 2.24) is 4.98 Å². The molecule has 4 heteroatoms. The van der Waals surface area contributed by atoms with Gasteiger partial charge in [0.1, 0.15) is 0 Å². The number of anilines is 1. The molecule has 0 unspecified atom stereocenters. The first-order chi connectivity index (χ1) is 8.75. The largest absolute Gasteiger partial charge is 0.325 e. The van der Waals surface area contributed by atoms with Crippen molar-refractivity contribution in [1.29, 1.82) is 0 Å². The number of pyridine rings is 1. The number of carbonyl (C=O) groups excluding carboxylic acids is 1. The number of amides is 1. The van der Waals surface area contributed by atoms with Crippen molar-refractivity contribution >= 4 is 23.4 Å². The zero-order chi connectivity index (χ0) is 12.8. The Morgan fingerprint density at radius 2 is 2.00 bits per heavy atom. The van der Waals surface area contributed by atoms with Gasteiger partial charge in [-0.15, -0.1) is 0 Å². The molecule has 0 spiro atoms. The average molecular weight is 258 g/mol. The maximum Gasteiger partial charge on any atom is 0.234 e. The number of aromatic nitrogens is 1. The highest BCUT2D eigenvalue weighted by atomic mass is 32.2. The van der Waals surface area contributed by atoms with Crippen LogP contribution in [0.25, 0.3) is 0 Å². The van der Waals surface area contributed by atoms with Crippen LogP contribution in [0, 0.1) is 6.92 Å². The molecule has 0 saturated heterocycles. The van der Waals surface area contributed by atoms with Crippen LogP contribution in [0.2, 0.25) is 0 Å². The molecule has 92 valence electrons. The molecule has 1 heterocycles. The summed E-state index contributed by atoms with van der Waals surface area (Å²) in [7, 11) is 0. The minimum atomic E-state index is -0.0139. The lowest BCUT2D eigenvalue weighted by molar-refractivity contribution is -0.113. The monoisotopic (exact) mass is 258 g/mol. The molecule has 0 aliphatic carbocycles. The summed E-state index contributed by atoms with van der Waals surface area (Å²) < 4.78 is 0. The Bertz CT molecular complexity index is 528. The van der Waals surface area contributed by atoms with Crippen LogP contribution in [0.5, 0.6) is 0 Å². The van der Waals surface area contributed by atoms with Crippen molar-refractivity contribution in [3.63, 3.8) is 0 Å². The molecule has 1 aromatic heterocycles. The Morgan fingerprint density at radius 3 is 2.72 bits per heavy atom. The molecule has 1 amide bonds. The molecule has 2 aromatic rings. The maximum atomic E-state index is 11.8. The van der Waals surface area contributed by atoms with Gasteiger partial charge in [0.25, 0.3) is 0 Å². The summed E-state index contributed by atoms with van der Waals surface area (Å²) in [6.07, 6.45) is 1.72. The van der Waals surface area contributed by atoms with Gasteiger partial charge in [-0.25, -0.2) is 4.98 Å². The van der Waals surface area contributed by atoms with Gasteiger partial charge in [0, 0.05) is 11.9 Å². The highest BCUT2D eigenvalue weighted by Crippen LogP contribution is 2.16. The van der Waals surface area contributed by atoms with E-state index in [1.807, 2.05) is 49.4 Å². The highest BCUT2D eigenvalue weighted by molar-refractivity contribution is 7.99. The molecule has 0 aliphatic heterocycles. The second-order valence-corrected chi connectivity index (χ2v) is 4.82. The predicted molar refractivity (Wildman–Crippen MR) is 74.8 cm³/mol. The van der Waals surface area contributed by atoms with Gasteiger partial charge in [0.15, 0.2) is 0 Å². The average Bonchev–Trinajstić information content (AvgIpc) is 2.40. The van der Waals surface area contributed by atoms with Crippen LogP contribution in [0.4, 0.5) is 5.69 Å². The van der Waals surface area contributed by atoms with Gasteiger partial charge < -0.3 is 5.32 Å². The van der Waals surface area contributed by atoms with E-state index in [0.29, 0.717) is 5.75 Å². The molecule has 3 nitrogen and oxygen atoms in total. The van der Waals surface area contributed by atoms with E-state index in [1.54, 1.807) is 6.20 Å². The van der Waals surface area contributed by atoms with E-state index in [-0.39, 0.29) is 5.91 Å². The summed E-state index contributed by atoms with van der Waals surface area (Å²) in [5, 5.41) is 3.75. The van der Waals surface area contributed by atoms with E-state index < -0.39 is 0 Å². The molecule has 0 radical (unpaired) electrons. The fourth-order valence-electron chi connectivity index (χ4n) is 1.47. The summed E-state index contributed by atoms with van der Waals surface area (Å²) in [6.45, 7) is 1.97. The van der Waals surface area contributed by atoms with Gasteiger partial charge in [-0.05, 0) is 30.7 Å². The molecule has 0 aliphatic rings. The minimum Gasteiger partial charge on any atom is -0.325 e. The van der Waals surface area contributed by atoms with Crippen molar-refractivity contribution in [3.8, 4) is 0 Å². The quantitative estimate of drug-likeness (QED) is 0.857. The maximum absolute atomic E-state index is 11.8. The number of hydrogen-bond acceptors (Lipinski definition) is 3. The van der Waals surface area contributed by atoms with Crippen LogP contribution >= 0.6 is 11.8 Å². The Labute approximate surface area is 111 Å². The Morgan fingerprint density at radius 1 is 1.22 bits per heavy atom. The lowest BCUT2D eigenvalue weighted by Gasteiger charge is -2.07. The van der Waals surface area contributed by atoms with Gasteiger partial charge >= 0.3 is 0 Å². The molecule has 0 fully saturated rings. The second-order valence-electron chi connectivity index (χ2n) is 3.82. The molecule has 0 saturated carbocycles. The third-order valence-electron chi connectivity index (χ3n) is 2.41. The zero-order valence-corrected chi connectivity index (χ0v) is 10.9. The third-order valence-corrected chi connectivity index (χ3v) is 3.35. The number of carbonyl (C=O) groups is 1. The molecule has 18 heavy (non-hydrogen) atoms. The molecule has 1 aromatic carbocycles. The van der Waals surface area contributed by atoms with Crippen molar-refractivity contribution in [3.05, 3.63) is 54.2 Å². The Kier molecular flexibility index (Phi) is 4.36. The minimum absolute atomic E-state index is 0.0139.